The maximum Gasteiger partial charge on any atom is 0.332 e. The van der Waals surface area contributed by atoms with Gasteiger partial charge in [-0.1, -0.05) is 6.07 Å². The Morgan fingerprint density at radius 2 is 2.00 bits per heavy atom. The predicted octanol–water partition coefficient (Wildman–Crippen LogP) is 0.865. The van der Waals surface area contributed by atoms with Crippen molar-refractivity contribution in [1.82, 2.24) is 18.7 Å². The average Bonchev–Trinajstić information content (AvgIpc) is 2.88. The van der Waals surface area contributed by atoms with Gasteiger partial charge in [0.15, 0.2) is 11.2 Å². The highest BCUT2D eigenvalue weighted by atomic mass is 35.5. The van der Waals surface area contributed by atoms with Crippen LogP contribution >= 0.6 is 11.6 Å². The van der Waals surface area contributed by atoms with Gasteiger partial charge in [0, 0.05) is 19.8 Å². The Labute approximate surface area is 145 Å². The molecule has 1 N–H and O–H groups in total. The number of carbonyl (C=O) groups is 1. The third-order valence-electron chi connectivity index (χ3n) is 3.71. The van der Waals surface area contributed by atoms with Gasteiger partial charge in [0.05, 0.1) is 0 Å². The zero-order valence-electron chi connectivity index (χ0n) is 13.3. The fourth-order valence-corrected chi connectivity index (χ4v) is 2.70. The molecule has 0 aliphatic carbocycles. The molecule has 2 aromatic heterocycles. The molecule has 0 saturated carbocycles. The molecule has 25 heavy (non-hydrogen) atoms. The molecule has 0 atom stereocenters. The van der Waals surface area contributed by atoms with Crippen molar-refractivity contribution in [2.75, 3.05) is 5.32 Å². The number of imidazole rings is 1. The van der Waals surface area contributed by atoms with Gasteiger partial charge in [0.2, 0.25) is 11.2 Å². The molecule has 10 heteroatoms. The maximum atomic E-state index is 13.2. The molecule has 1 aromatic carbocycles. The summed E-state index contributed by atoms with van der Waals surface area (Å²) < 4.78 is 16.5. The van der Waals surface area contributed by atoms with E-state index in [9.17, 15) is 18.8 Å². The second-order valence-electron chi connectivity index (χ2n) is 5.40. The number of amides is 1. The van der Waals surface area contributed by atoms with Crippen molar-refractivity contribution in [2.45, 2.75) is 6.54 Å². The number of nitrogens with one attached hydrogen (secondary N) is 1. The second-order valence-corrected chi connectivity index (χ2v) is 5.74. The number of anilines is 1. The number of fused-ring (bicyclic) bond motifs is 1. The summed E-state index contributed by atoms with van der Waals surface area (Å²) in [5.41, 5.74) is -0.787. The summed E-state index contributed by atoms with van der Waals surface area (Å²) in [6.45, 7) is -0.320. The smallest absolute Gasteiger partial charge is 0.324 e. The fourth-order valence-electron chi connectivity index (χ4n) is 2.47. The lowest BCUT2D eigenvalue weighted by atomic mass is 10.3. The molecule has 0 radical (unpaired) electrons. The molecule has 0 spiro atoms. The van der Waals surface area contributed by atoms with Crippen molar-refractivity contribution in [1.29, 1.82) is 0 Å². The highest BCUT2D eigenvalue weighted by Crippen LogP contribution is 2.16. The van der Waals surface area contributed by atoms with Gasteiger partial charge >= 0.3 is 5.69 Å². The topological polar surface area (TPSA) is 90.9 Å². The Kier molecular flexibility index (Phi) is 4.17. The largest absolute Gasteiger partial charge is 0.332 e. The van der Waals surface area contributed by atoms with Crippen molar-refractivity contribution >= 4 is 34.4 Å². The Morgan fingerprint density at radius 1 is 1.28 bits per heavy atom. The summed E-state index contributed by atoms with van der Waals surface area (Å²) in [6, 6.07) is 5.39. The highest BCUT2D eigenvalue weighted by molar-refractivity contribution is 6.29. The second kappa shape index (κ2) is 6.17. The van der Waals surface area contributed by atoms with Crippen molar-refractivity contribution in [3.05, 3.63) is 56.2 Å². The molecule has 130 valence electrons. The van der Waals surface area contributed by atoms with Crippen molar-refractivity contribution in [3.63, 3.8) is 0 Å². The van der Waals surface area contributed by atoms with Crippen molar-refractivity contribution in [3.8, 4) is 0 Å². The monoisotopic (exact) mass is 365 g/mol. The molecule has 2 heterocycles. The minimum absolute atomic E-state index is 0.0315. The summed E-state index contributed by atoms with van der Waals surface area (Å²) >= 11 is 6.04. The number of rotatable bonds is 3. The zero-order valence-corrected chi connectivity index (χ0v) is 14.0. The van der Waals surface area contributed by atoms with E-state index in [1.165, 1.54) is 41.4 Å². The van der Waals surface area contributed by atoms with Gasteiger partial charge in [-0.15, -0.1) is 0 Å². The molecule has 0 aliphatic rings. The van der Waals surface area contributed by atoms with E-state index in [0.29, 0.717) is 0 Å². The van der Waals surface area contributed by atoms with Crippen LogP contribution in [-0.4, -0.2) is 24.6 Å². The lowest BCUT2D eigenvalue weighted by Crippen LogP contribution is -2.37. The molecule has 8 nitrogen and oxygen atoms in total. The Bertz CT molecular complexity index is 1110. The average molecular weight is 366 g/mol. The number of halogens is 2. The summed E-state index contributed by atoms with van der Waals surface area (Å²) in [4.78, 5) is 40.5. The first-order valence-electron chi connectivity index (χ1n) is 7.16. The van der Waals surface area contributed by atoms with Crippen LogP contribution < -0.4 is 16.6 Å². The van der Waals surface area contributed by atoms with Crippen LogP contribution in [0.25, 0.3) is 11.2 Å². The predicted molar refractivity (Wildman–Crippen MR) is 90.3 cm³/mol. The number of benzene rings is 1. The molecule has 3 rings (SSSR count). The first-order valence-corrected chi connectivity index (χ1v) is 7.54. The number of hydrogen-bond donors (Lipinski definition) is 1. The van der Waals surface area contributed by atoms with Crippen molar-refractivity contribution in [2.24, 2.45) is 14.1 Å². The summed E-state index contributed by atoms with van der Waals surface area (Å²) in [5, 5.41) is 2.40. The van der Waals surface area contributed by atoms with E-state index in [1.807, 2.05) is 0 Å². The number of aryl methyl sites for hydroxylation is 1. The Balaban J connectivity index is 2.02. The zero-order chi connectivity index (χ0) is 18.3. The normalized spacial score (nSPS) is 11.0. The number of nitrogens with zero attached hydrogens (tertiary/aromatic N) is 4. The minimum atomic E-state index is -0.615. The third-order valence-corrected chi connectivity index (χ3v) is 4.00. The summed E-state index contributed by atoms with van der Waals surface area (Å²) in [7, 11) is 2.77. The van der Waals surface area contributed by atoms with E-state index in [-0.39, 0.29) is 28.7 Å². The van der Waals surface area contributed by atoms with Crippen LogP contribution in [0.3, 0.4) is 0 Å². The minimum Gasteiger partial charge on any atom is -0.324 e. The number of carbonyl (C=O) groups excluding carboxylic acids is 1. The van der Waals surface area contributed by atoms with E-state index in [2.05, 4.69) is 10.3 Å². The molecule has 0 aliphatic heterocycles. The fraction of sp³-hybridized carbons (Fsp3) is 0.200. The van der Waals surface area contributed by atoms with Crippen LogP contribution in [0.2, 0.25) is 5.28 Å². The van der Waals surface area contributed by atoms with Crippen LogP contribution in [0.5, 0.6) is 0 Å². The van der Waals surface area contributed by atoms with Crippen LogP contribution in [0.15, 0.2) is 33.9 Å². The summed E-state index contributed by atoms with van der Waals surface area (Å²) in [6.07, 6.45) is 0. The van der Waals surface area contributed by atoms with Crippen molar-refractivity contribution < 1.29 is 9.18 Å². The lowest BCUT2D eigenvalue weighted by molar-refractivity contribution is -0.116. The van der Waals surface area contributed by atoms with E-state index < -0.39 is 23.0 Å². The first kappa shape index (κ1) is 16.9. The van der Waals surface area contributed by atoms with E-state index in [4.69, 9.17) is 11.6 Å². The van der Waals surface area contributed by atoms with Crippen LogP contribution in [0.1, 0.15) is 0 Å². The SMILES string of the molecule is Cn1c(=O)c2c(nc(Cl)n2CC(=O)Nc2cccc(F)c2)n(C)c1=O. The van der Waals surface area contributed by atoms with Gasteiger partial charge in [-0.05, 0) is 29.8 Å². The number of hydrogen-bond acceptors (Lipinski definition) is 4. The molecule has 1 amide bonds. The van der Waals surface area contributed by atoms with Crippen LogP contribution in [0, 0.1) is 5.82 Å². The molecule has 3 aromatic rings. The third kappa shape index (κ3) is 2.93. The summed E-state index contributed by atoms with van der Waals surface area (Å²) in [5.74, 6) is -1.02. The molecule has 0 saturated heterocycles. The first-order chi connectivity index (χ1) is 11.8. The maximum absolute atomic E-state index is 13.2. The Morgan fingerprint density at radius 3 is 2.68 bits per heavy atom. The highest BCUT2D eigenvalue weighted by Gasteiger charge is 2.19. The van der Waals surface area contributed by atoms with E-state index in [1.54, 1.807) is 0 Å². The van der Waals surface area contributed by atoms with E-state index in [0.717, 1.165) is 10.6 Å². The standard InChI is InChI=1S/C15H13ClFN5O3/c1-20-12-11(13(24)21(2)15(20)25)22(14(16)19-12)7-10(23)18-9-5-3-4-8(17)6-9/h3-6H,7H2,1-2H3,(H,18,23). The van der Waals surface area contributed by atoms with Gasteiger partial charge in [-0.25, -0.2) is 9.18 Å². The van der Waals surface area contributed by atoms with Gasteiger partial charge in [-0.3, -0.25) is 23.3 Å². The quantitative estimate of drug-likeness (QED) is 0.697. The van der Waals surface area contributed by atoms with Gasteiger partial charge < -0.3 is 5.32 Å². The Hall–Kier alpha value is -2.94. The van der Waals surface area contributed by atoms with Gasteiger partial charge in [0.25, 0.3) is 5.56 Å². The van der Waals surface area contributed by atoms with E-state index >= 15 is 0 Å². The number of aromatic nitrogens is 4. The molecule has 0 unspecified atom stereocenters. The van der Waals surface area contributed by atoms with Crippen LogP contribution in [0.4, 0.5) is 10.1 Å². The molecular formula is C15H13ClFN5O3. The lowest BCUT2D eigenvalue weighted by Gasteiger charge is -2.08. The van der Waals surface area contributed by atoms with Gasteiger partial charge in [0.1, 0.15) is 12.4 Å². The molecule has 0 fully saturated rings. The van der Waals surface area contributed by atoms with Crippen LogP contribution in [-0.2, 0) is 25.4 Å². The molecular weight excluding hydrogens is 353 g/mol. The molecule has 0 bridgehead atoms. The van der Waals surface area contributed by atoms with Gasteiger partial charge in [-0.2, -0.15) is 4.98 Å².